The number of hydrogen-bond donors (Lipinski definition) is 1. The van der Waals surface area contributed by atoms with E-state index in [0.717, 1.165) is 30.6 Å². The van der Waals surface area contributed by atoms with E-state index in [2.05, 4.69) is 37.2 Å². The summed E-state index contributed by atoms with van der Waals surface area (Å²) in [4.78, 5) is 27.6. The number of sulfonamides is 1. The number of carbonyl (C=O) groups excluding carboxylic acids is 2. The second kappa shape index (κ2) is 11.5. The van der Waals surface area contributed by atoms with Crippen LogP contribution in [0.5, 0.6) is 0 Å². The lowest BCUT2D eigenvalue weighted by molar-refractivity contribution is -0.139. The summed E-state index contributed by atoms with van der Waals surface area (Å²) in [7, 11) is -3.76. The minimum absolute atomic E-state index is 0.0946. The molecule has 0 aromatic heterocycles. The first kappa shape index (κ1) is 27.3. The summed E-state index contributed by atoms with van der Waals surface area (Å²) in [6.45, 7) is 6.90. The van der Waals surface area contributed by atoms with Crippen molar-refractivity contribution in [3.63, 3.8) is 0 Å². The van der Waals surface area contributed by atoms with Crippen LogP contribution < -0.4 is 9.62 Å². The molecule has 2 aromatic rings. The Labute approximate surface area is 212 Å². The quantitative estimate of drug-likeness (QED) is 0.465. The van der Waals surface area contributed by atoms with Gasteiger partial charge in [0.1, 0.15) is 12.6 Å². The molecule has 2 amide bonds. The number of halogens is 2. The number of nitrogens with one attached hydrogen (secondary N) is 1. The third-order valence-electron chi connectivity index (χ3n) is 4.97. The zero-order valence-electron chi connectivity index (χ0n) is 19.3. The molecule has 1 atom stereocenters. The van der Waals surface area contributed by atoms with Crippen LogP contribution in [0.15, 0.2) is 51.4 Å². The van der Waals surface area contributed by atoms with E-state index in [1.165, 1.54) is 4.90 Å². The van der Waals surface area contributed by atoms with Gasteiger partial charge in [-0.1, -0.05) is 44.0 Å². The third-order valence-corrected chi connectivity index (χ3v) is 7.53. The lowest BCUT2D eigenvalue weighted by atomic mass is 10.1. The fourth-order valence-electron chi connectivity index (χ4n) is 3.17. The molecule has 0 radical (unpaired) electrons. The molecule has 1 N–H and O–H groups in total. The summed E-state index contributed by atoms with van der Waals surface area (Å²) in [6.07, 6.45) is 1.06. The normalized spacial score (nSPS) is 12.4. The van der Waals surface area contributed by atoms with Crippen LogP contribution in [-0.4, -0.2) is 50.0 Å². The van der Waals surface area contributed by atoms with Crippen molar-refractivity contribution in [2.24, 2.45) is 0 Å². The van der Waals surface area contributed by atoms with Crippen molar-refractivity contribution in [3.8, 4) is 0 Å². The Hall–Kier alpha value is -1.91. The maximum Gasteiger partial charge on any atom is 0.244 e. The highest BCUT2D eigenvalue weighted by molar-refractivity contribution is 9.10. The van der Waals surface area contributed by atoms with Gasteiger partial charge in [0.2, 0.25) is 21.8 Å². The smallest absolute Gasteiger partial charge is 0.244 e. The Bertz CT molecular complexity index is 1110. The fourth-order valence-corrected chi connectivity index (χ4v) is 4.52. The SMILES string of the molecule is Cc1cc(N(CC(=O)N(Cc2ccc(Br)cc2)[C@H](C)C(=O)NC(C)C)S(C)(=O)=O)ccc1Br. The number of rotatable bonds is 9. The highest BCUT2D eigenvalue weighted by atomic mass is 79.9. The van der Waals surface area contributed by atoms with Gasteiger partial charge in [-0.25, -0.2) is 8.42 Å². The van der Waals surface area contributed by atoms with Crippen LogP contribution in [0.3, 0.4) is 0 Å². The van der Waals surface area contributed by atoms with Crippen molar-refractivity contribution in [2.45, 2.75) is 46.3 Å². The molecule has 2 rings (SSSR count). The molecule has 0 aliphatic carbocycles. The second-order valence-electron chi connectivity index (χ2n) is 8.19. The minimum Gasteiger partial charge on any atom is -0.352 e. The Balaban J connectivity index is 2.40. The van der Waals surface area contributed by atoms with E-state index >= 15 is 0 Å². The van der Waals surface area contributed by atoms with Gasteiger partial charge < -0.3 is 10.2 Å². The van der Waals surface area contributed by atoms with Crippen LogP contribution in [-0.2, 0) is 26.2 Å². The van der Waals surface area contributed by atoms with Crippen LogP contribution in [0.4, 0.5) is 5.69 Å². The molecule has 0 fully saturated rings. The molecule has 0 heterocycles. The lowest BCUT2D eigenvalue weighted by Gasteiger charge is -2.32. The Kier molecular flexibility index (Phi) is 9.51. The Morgan fingerprint density at radius 1 is 1.03 bits per heavy atom. The molecule has 0 saturated carbocycles. The van der Waals surface area contributed by atoms with Gasteiger partial charge >= 0.3 is 0 Å². The van der Waals surface area contributed by atoms with E-state index < -0.39 is 28.5 Å². The molecule has 180 valence electrons. The van der Waals surface area contributed by atoms with Crippen LogP contribution in [0.2, 0.25) is 0 Å². The molecule has 10 heteroatoms. The number of amides is 2. The number of carbonyl (C=O) groups is 2. The number of benzene rings is 2. The van der Waals surface area contributed by atoms with Gasteiger partial charge in [-0.15, -0.1) is 0 Å². The first-order chi connectivity index (χ1) is 15.3. The number of nitrogens with zero attached hydrogens (tertiary/aromatic N) is 2. The van der Waals surface area contributed by atoms with Crippen LogP contribution in [0.1, 0.15) is 31.9 Å². The zero-order chi connectivity index (χ0) is 24.9. The van der Waals surface area contributed by atoms with Crippen molar-refractivity contribution in [1.29, 1.82) is 0 Å². The third kappa shape index (κ3) is 7.82. The fraction of sp³-hybridized carbons (Fsp3) is 0.391. The van der Waals surface area contributed by atoms with Gasteiger partial charge in [0.25, 0.3) is 0 Å². The topological polar surface area (TPSA) is 86.8 Å². The molecule has 0 aliphatic heterocycles. The average molecular weight is 603 g/mol. The van der Waals surface area contributed by atoms with Gasteiger partial charge in [0.15, 0.2) is 0 Å². The first-order valence-electron chi connectivity index (χ1n) is 10.4. The van der Waals surface area contributed by atoms with Crippen LogP contribution in [0.25, 0.3) is 0 Å². The van der Waals surface area contributed by atoms with Gasteiger partial charge in [0, 0.05) is 21.5 Å². The monoisotopic (exact) mass is 601 g/mol. The maximum absolute atomic E-state index is 13.4. The van der Waals surface area contributed by atoms with E-state index in [4.69, 9.17) is 0 Å². The highest BCUT2D eigenvalue weighted by Crippen LogP contribution is 2.25. The highest BCUT2D eigenvalue weighted by Gasteiger charge is 2.30. The molecule has 0 unspecified atom stereocenters. The van der Waals surface area contributed by atoms with Crippen molar-refractivity contribution in [1.82, 2.24) is 10.2 Å². The van der Waals surface area contributed by atoms with Crippen molar-refractivity contribution >= 4 is 59.4 Å². The molecule has 0 bridgehead atoms. The summed E-state index contributed by atoms with van der Waals surface area (Å²) >= 11 is 6.80. The summed E-state index contributed by atoms with van der Waals surface area (Å²) in [5, 5.41) is 2.82. The molecular weight excluding hydrogens is 574 g/mol. The van der Waals surface area contributed by atoms with E-state index in [1.54, 1.807) is 25.1 Å². The maximum atomic E-state index is 13.4. The van der Waals surface area contributed by atoms with Crippen molar-refractivity contribution < 1.29 is 18.0 Å². The predicted molar refractivity (Wildman–Crippen MR) is 139 cm³/mol. The molecule has 0 aliphatic rings. The number of anilines is 1. The van der Waals surface area contributed by atoms with Gasteiger partial charge in [-0.3, -0.25) is 13.9 Å². The summed E-state index contributed by atoms with van der Waals surface area (Å²) in [6, 6.07) is 11.6. The molecule has 0 spiro atoms. The van der Waals surface area contributed by atoms with E-state index in [1.807, 2.05) is 45.0 Å². The van der Waals surface area contributed by atoms with E-state index in [9.17, 15) is 18.0 Å². The van der Waals surface area contributed by atoms with E-state index in [0.29, 0.717) is 5.69 Å². The van der Waals surface area contributed by atoms with Crippen molar-refractivity contribution in [3.05, 3.63) is 62.5 Å². The molecule has 33 heavy (non-hydrogen) atoms. The average Bonchev–Trinajstić information content (AvgIpc) is 2.71. The number of hydrogen-bond acceptors (Lipinski definition) is 4. The summed E-state index contributed by atoms with van der Waals surface area (Å²) < 4.78 is 28.0. The Morgan fingerprint density at radius 3 is 2.15 bits per heavy atom. The van der Waals surface area contributed by atoms with Crippen LogP contribution in [0, 0.1) is 6.92 Å². The molecular formula is C23H29Br2N3O4S. The zero-order valence-corrected chi connectivity index (χ0v) is 23.3. The summed E-state index contributed by atoms with van der Waals surface area (Å²) in [5.74, 6) is -0.781. The number of aryl methyl sites for hydroxylation is 1. The predicted octanol–water partition coefficient (Wildman–Crippen LogP) is 4.23. The standard InChI is InChI=1S/C23H29Br2N3O4S/c1-15(2)26-23(30)17(4)27(13-18-6-8-19(24)9-7-18)22(29)14-28(33(5,31)32)20-10-11-21(25)16(3)12-20/h6-12,15,17H,13-14H2,1-5H3,(H,26,30)/t17-/m1/s1. The Morgan fingerprint density at radius 2 is 1.64 bits per heavy atom. The van der Waals surface area contributed by atoms with Gasteiger partial charge in [-0.05, 0) is 69.2 Å². The van der Waals surface area contributed by atoms with Crippen LogP contribution >= 0.6 is 31.9 Å². The second-order valence-corrected chi connectivity index (χ2v) is 11.9. The van der Waals surface area contributed by atoms with Gasteiger partial charge in [-0.2, -0.15) is 0 Å². The molecule has 0 saturated heterocycles. The van der Waals surface area contributed by atoms with Gasteiger partial charge in [0.05, 0.1) is 11.9 Å². The molecule has 7 nitrogen and oxygen atoms in total. The minimum atomic E-state index is -3.76. The first-order valence-corrected chi connectivity index (χ1v) is 13.8. The van der Waals surface area contributed by atoms with Crippen molar-refractivity contribution in [2.75, 3.05) is 17.1 Å². The van der Waals surface area contributed by atoms with E-state index in [-0.39, 0.29) is 18.5 Å². The largest absolute Gasteiger partial charge is 0.352 e. The lowest BCUT2D eigenvalue weighted by Crippen LogP contribution is -2.52. The summed E-state index contributed by atoms with van der Waals surface area (Å²) in [5.41, 5.74) is 2.04. The molecule has 2 aromatic carbocycles.